The van der Waals surface area contributed by atoms with Gasteiger partial charge in [0.2, 0.25) is 5.91 Å². The molecule has 2 atom stereocenters. The Morgan fingerprint density at radius 3 is 2.65 bits per heavy atom. The molecule has 1 heterocycles. The molecule has 1 aliphatic heterocycles. The first-order valence-corrected chi connectivity index (χ1v) is 8.52. The summed E-state index contributed by atoms with van der Waals surface area (Å²) in [6.45, 7) is 0.276. The van der Waals surface area contributed by atoms with Crippen LogP contribution in [0.25, 0.3) is 0 Å². The van der Waals surface area contributed by atoms with Crippen LogP contribution in [-0.4, -0.2) is 35.3 Å². The van der Waals surface area contributed by atoms with Crippen LogP contribution in [0.2, 0.25) is 0 Å². The zero-order chi connectivity index (χ0) is 16.2. The van der Waals surface area contributed by atoms with E-state index in [0.717, 1.165) is 16.9 Å². The van der Waals surface area contributed by atoms with Gasteiger partial charge in [0.05, 0.1) is 25.5 Å². The van der Waals surface area contributed by atoms with E-state index in [-0.39, 0.29) is 17.8 Å². The Kier molecular flexibility index (Phi) is 4.88. The van der Waals surface area contributed by atoms with Crippen LogP contribution in [0.4, 0.5) is 0 Å². The minimum absolute atomic E-state index is 0.0425. The van der Waals surface area contributed by atoms with E-state index in [2.05, 4.69) is 0 Å². The molecule has 1 fully saturated rings. The molecule has 0 aliphatic carbocycles. The molecule has 1 amide bonds. The maximum atomic E-state index is 12.3. The van der Waals surface area contributed by atoms with Crippen LogP contribution < -0.4 is 4.74 Å². The lowest BCUT2D eigenvalue weighted by molar-refractivity contribution is -0.129. The van der Waals surface area contributed by atoms with Gasteiger partial charge in [0.1, 0.15) is 11.1 Å². The summed E-state index contributed by atoms with van der Waals surface area (Å²) < 4.78 is 5.42. The largest absolute Gasteiger partial charge is 0.496 e. The molecule has 2 aromatic carbocycles. The van der Waals surface area contributed by atoms with Crippen molar-refractivity contribution < 1.29 is 14.6 Å². The fourth-order valence-electron chi connectivity index (χ4n) is 2.75. The molecule has 5 heteroatoms. The Balaban J connectivity index is 1.83. The number of benzene rings is 2. The molecule has 0 unspecified atom stereocenters. The summed E-state index contributed by atoms with van der Waals surface area (Å²) >= 11 is 1.56. The van der Waals surface area contributed by atoms with Crippen molar-refractivity contribution in [1.82, 2.24) is 4.90 Å². The average molecular weight is 329 g/mol. The third-order valence-electron chi connectivity index (χ3n) is 3.93. The lowest BCUT2D eigenvalue weighted by Crippen LogP contribution is -2.32. The van der Waals surface area contributed by atoms with Gasteiger partial charge in [-0.2, -0.15) is 0 Å². The highest BCUT2D eigenvalue weighted by Crippen LogP contribution is 2.42. The van der Waals surface area contributed by atoms with Gasteiger partial charge in [-0.3, -0.25) is 4.79 Å². The Morgan fingerprint density at radius 2 is 1.91 bits per heavy atom. The molecular formula is C18H19NO3S. The fraction of sp³-hybridized carbons (Fsp3) is 0.278. The first kappa shape index (κ1) is 15.9. The molecule has 120 valence electrons. The van der Waals surface area contributed by atoms with E-state index in [1.807, 2.05) is 54.6 Å². The minimum Gasteiger partial charge on any atom is -0.496 e. The lowest BCUT2D eigenvalue weighted by atomic mass is 10.1. The van der Waals surface area contributed by atoms with Crippen molar-refractivity contribution in [1.29, 1.82) is 0 Å². The molecular weight excluding hydrogens is 310 g/mol. The predicted octanol–water partition coefficient (Wildman–Crippen LogP) is 3.00. The molecule has 0 saturated carbocycles. The Morgan fingerprint density at radius 1 is 1.22 bits per heavy atom. The van der Waals surface area contributed by atoms with Gasteiger partial charge in [0.25, 0.3) is 0 Å². The van der Waals surface area contributed by atoms with Gasteiger partial charge in [-0.25, -0.2) is 0 Å². The van der Waals surface area contributed by atoms with E-state index in [0.29, 0.717) is 5.75 Å². The highest BCUT2D eigenvalue weighted by Gasteiger charge is 2.35. The minimum atomic E-state index is -0.698. The van der Waals surface area contributed by atoms with Crippen LogP contribution >= 0.6 is 11.8 Å². The normalized spacial score (nSPS) is 19.0. The van der Waals surface area contributed by atoms with Crippen molar-refractivity contribution in [3.63, 3.8) is 0 Å². The second-order valence-corrected chi connectivity index (χ2v) is 6.45. The summed E-state index contributed by atoms with van der Waals surface area (Å²) in [6, 6.07) is 17.1. The summed E-state index contributed by atoms with van der Waals surface area (Å²) in [5, 5.41) is 10.3. The average Bonchev–Trinajstić information content (AvgIpc) is 2.96. The van der Waals surface area contributed by atoms with Gasteiger partial charge < -0.3 is 14.7 Å². The van der Waals surface area contributed by atoms with Gasteiger partial charge in [0, 0.05) is 5.56 Å². The molecule has 1 N–H and O–H groups in total. The number of ether oxygens (including phenoxy) is 1. The molecule has 0 bridgehead atoms. The van der Waals surface area contributed by atoms with Crippen molar-refractivity contribution in [3.05, 3.63) is 65.7 Å². The third-order valence-corrected chi connectivity index (χ3v) is 5.16. The molecule has 4 nitrogen and oxygen atoms in total. The van der Waals surface area contributed by atoms with E-state index >= 15 is 0 Å². The maximum Gasteiger partial charge on any atom is 0.233 e. The number of aliphatic hydroxyl groups excluding tert-OH is 1. The predicted molar refractivity (Wildman–Crippen MR) is 91.3 cm³/mol. The number of hydrogen-bond donors (Lipinski definition) is 1. The fourth-order valence-corrected chi connectivity index (χ4v) is 3.97. The first-order valence-electron chi connectivity index (χ1n) is 7.47. The lowest BCUT2D eigenvalue weighted by Gasteiger charge is -2.27. The molecule has 1 saturated heterocycles. The van der Waals surface area contributed by atoms with Gasteiger partial charge in [0.15, 0.2) is 0 Å². The number of rotatable bonds is 5. The summed E-state index contributed by atoms with van der Waals surface area (Å²) in [5.41, 5.74) is 1.78. The number of nitrogens with zero attached hydrogens (tertiary/aromatic N) is 1. The highest BCUT2D eigenvalue weighted by atomic mass is 32.2. The number of hydrogen-bond acceptors (Lipinski definition) is 4. The Labute approximate surface area is 140 Å². The third kappa shape index (κ3) is 3.35. The van der Waals surface area contributed by atoms with Crippen LogP contribution in [-0.2, 0) is 4.79 Å². The number of aliphatic hydroxyl groups is 1. The van der Waals surface area contributed by atoms with Crippen LogP contribution in [0.5, 0.6) is 5.75 Å². The van der Waals surface area contributed by atoms with Gasteiger partial charge in [-0.15, -0.1) is 11.8 Å². The van der Waals surface area contributed by atoms with Crippen LogP contribution in [0.1, 0.15) is 22.6 Å². The summed E-state index contributed by atoms with van der Waals surface area (Å²) in [4.78, 5) is 14.0. The number of thioether (sulfide) groups is 1. The SMILES string of the molecule is COc1ccccc1[C@@H]1SCC(=O)N1C[C@@H](O)c1ccccc1. The van der Waals surface area contributed by atoms with Crippen molar-refractivity contribution in [2.75, 3.05) is 19.4 Å². The van der Waals surface area contributed by atoms with Crippen molar-refractivity contribution >= 4 is 17.7 Å². The smallest absolute Gasteiger partial charge is 0.233 e. The Bertz CT molecular complexity index is 677. The molecule has 0 radical (unpaired) electrons. The maximum absolute atomic E-state index is 12.3. The summed E-state index contributed by atoms with van der Waals surface area (Å²) in [6.07, 6.45) is -0.698. The standard InChI is InChI=1S/C18H19NO3S/c1-22-16-10-6-5-9-14(16)18-19(17(21)12-23-18)11-15(20)13-7-3-2-4-8-13/h2-10,15,18,20H,11-12H2,1H3/t15-,18+/m1/s1. The van der Waals surface area contributed by atoms with E-state index in [1.54, 1.807) is 23.8 Å². The number of methoxy groups -OCH3 is 1. The molecule has 1 aliphatic rings. The molecule has 3 rings (SSSR count). The molecule has 2 aromatic rings. The second kappa shape index (κ2) is 7.06. The zero-order valence-electron chi connectivity index (χ0n) is 12.9. The van der Waals surface area contributed by atoms with Gasteiger partial charge >= 0.3 is 0 Å². The second-order valence-electron chi connectivity index (χ2n) is 5.38. The highest BCUT2D eigenvalue weighted by molar-refractivity contribution is 8.00. The van der Waals surface area contributed by atoms with Crippen LogP contribution in [0.3, 0.4) is 0 Å². The van der Waals surface area contributed by atoms with Crippen molar-refractivity contribution in [2.24, 2.45) is 0 Å². The van der Waals surface area contributed by atoms with Crippen LogP contribution in [0.15, 0.2) is 54.6 Å². The Hall–Kier alpha value is -1.98. The van der Waals surface area contributed by atoms with E-state index in [1.165, 1.54) is 0 Å². The van der Waals surface area contributed by atoms with Crippen LogP contribution in [0, 0.1) is 0 Å². The topological polar surface area (TPSA) is 49.8 Å². The number of amides is 1. The van der Waals surface area contributed by atoms with E-state index in [9.17, 15) is 9.90 Å². The first-order chi connectivity index (χ1) is 11.2. The molecule has 0 aromatic heterocycles. The van der Waals surface area contributed by atoms with Gasteiger partial charge in [-0.1, -0.05) is 48.5 Å². The summed E-state index contributed by atoms with van der Waals surface area (Å²) in [5.74, 6) is 1.23. The van der Waals surface area contributed by atoms with E-state index < -0.39 is 6.10 Å². The van der Waals surface area contributed by atoms with Crippen molar-refractivity contribution in [2.45, 2.75) is 11.5 Å². The molecule has 23 heavy (non-hydrogen) atoms. The summed E-state index contributed by atoms with van der Waals surface area (Å²) in [7, 11) is 1.63. The zero-order valence-corrected chi connectivity index (χ0v) is 13.7. The monoisotopic (exact) mass is 329 g/mol. The number of para-hydroxylation sites is 1. The number of β-amino-alcohol motifs (C(OH)–C–C–N with tert-alkyl or cyclic N) is 1. The molecule has 0 spiro atoms. The van der Waals surface area contributed by atoms with Crippen molar-refractivity contribution in [3.8, 4) is 5.75 Å². The number of carbonyl (C=O) groups excluding carboxylic acids is 1. The quantitative estimate of drug-likeness (QED) is 0.916. The van der Waals surface area contributed by atoms with Gasteiger partial charge in [-0.05, 0) is 11.6 Å². The number of carbonyl (C=O) groups is 1. The van der Waals surface area contributed by atoms with E-state index in [4.69, 9.17) is 4.74 Å².